The largest absolute Gasteiger partial charge is 0.319 e. The number of hydrogen-bond acceptors (Lipinski definition) is 5. The van der Waals surface area contributed by atoms with Crippen LogP contribution in [0.1, 0.15) is 32.6 Å². The first-order valence-electron chi connectivity index (χ1n) is 16.1. The fraction of sp³-hybridized carbons (Fsp3) is 0.0488. The highest BCUT2D eigenvalue weighted by Gasteiger charge is 2.40. The van der Waals surface area contributed by atoms with Crippen molar-refractivity contribution in [2.45, 2.75) is 12.1 Å². The van der Waals surface area contributed by atoms with Gasteiger partial charge in [0.2, 0.25) is 5.65 Å². The normalized spacial score (nSPS) is 11.4. The van der Waals surface area contributed by atoms with E-state index >= 15 is 0 Å². The molecule has 236 valence electrons. The lowest BCUT2D eigenvalue weighted by Gasteiger charge is -2.36. The van der Waals surface area contributed by atoms with Crippen molar-refractivity contribution in [3.05, 3.63) is 198 Å². The minimum atomic E-state index is -0.811. The number of hydrogen-bond donors (Lipinski definition) is 1. The van der Waals surface area contributed by atoms with Gasteiger partial charge in [-0.3, -0.25) is 9.48 Å². The Morgan fingerprint density at radius 1 is 0.673 bits per heavy atom. The predicted octanol–water partition coefficient (Wildman–Crippen LogP) is 7.83. The highest BCUT2D eigenvalue weighted by molar-refractivity contribution is 6.04. The molecule has 0 aliphatic heterocycles. The van der Waals surface area contributed by atoms with Crippen LogP contribution >= 0.6 is 0 Å². The maximum atomic E-state index is 13.3. The van der Waals surface area contributed by atoms with Crippen molar-refractivity contribution in [1.29, 1.82) is 0 Å². The van der Waals surface area contributed by atoms with Gasteiger partial charge in [-0.15, -0.1) is 5.10 Å². The molecule has 49 heavy (non-hydrogen) atoms. The molecular weight excluding hydrogens is 606 g/mol. The zero-order chi connectivity index (χ0) is 33.0. The Kier molecular flexibility index (Phi) is 7.79. The lowest BCUT2D eigenvalue weighted by Crippen LogP contribution is -2.38. The quantitative estimate of drug-likeness (QED) is 0.163. The molecule has 0 fully saturated rings. The van der Waals surface area contributed by atoms with Crippen LogP contribution in [0.25, 0.3) is 22.4 Å². The third-order valence-electron chi connectivity index (χ3n) is 8.70. The second kappa shape index (κ2) is 12.8. The lowest BCUT2D eigenvalue weighted by atomic mass is 9.77. The molecular formula is C41H31N7O. The standard InChI is InChI=1S/C41H31N7O/c49-40(43-36-27-42-47(29-36)28-30-14-5-1-6-15-30)32-17-13-16-31(26-32)37-24-25-38-39(44-37)45-46-48(38)41(33-18-7-2-8-19-33,34-20-9-3-10-21-34)35-22-11-4-12-23-35/h1-27,29H,28H2,(H,43,49). The molecule has 8 rings (SSSR count). The van der Waals surface area contributed by atoms with E-state index in [0.29, 0.717) is 29.1 Å². The second-order valence-electron chi connectivity index (χ2n) is 11.8. The molecule has 0 bridgehead atoms. The summed E-state index contributed by atoms with van der Waals surface area (Å²) in [6.45, 7) is 0.619. The number of aromatic nitrogens is 6. The average molecular weight is 638 g/mol. The van der Waals surface area contributed by atoms with Crippen LogP contribution in [0.4, 0.5) is 5.69 Å². The molecule has 0 saturated carbocycles. The molecule has 1 amide bonds. The third-order valence-corrected chi connectivity index (χ3v) is 8.70. The van der Waals surface area contributed by atoms with Crippen LogP contribution in [0.15, 0.2) is 170 Å². The van der Waals surface area contributed by atoms with Crippen LogP contribution in [0.2, 0.25) is 0 Å². The predicted molar refractivity (Wildman–Crippen MR) is 191 cm³/mol. The van der Waals surface area contributed by atoms with Crippen LogP contribution in [0.3, 0.4) is 0 Å². The Morgan fingerprint density at radius 2 is 1.29 bits per heavy atom. The number of pyridine rings is 1. The minimum Gasteiger partial charge on any atom is -0.319 e. The lowest BCUT2D eigenvalue weighted by molar-refractivity contribution is 0.102. The summed E-state index contributed by atoms with van der Waals surface area (Å²) in [4.78, 5) is 18.3. The number of amides is 1. The summed E-state index contributed by atoms with van der Waals surface area (Å²) >= 11 is 0. The van der Waals surface area contributed by atoms with Gasteiger partial charge in [0.15, 0.2) is 0 Å². The molecule has 0 aliphatic rings. The van der Waals surface area contributed by atoms with E-state index in [2.05, 4.69) is 51.9 Å². The smallest absolute Gasteiger partial charge is 0.255 e. The van der Waals surface area contributed by atoms with Gasteiger partial charge in [-0.05, 0) is 46.5 Å². The van der Waals surface area contributed by atoms with Gasteiger partial charge in [-0.2, -0.15) is 5.10 Å². The van der Waals surface area contributed by atoms with Gasteiger partial charge in [-0.1, -0.05) is 139 Å². The molecule has 8 nitrogen and oxygen atoms in total. The van der Waals surface area contributed by atoms with Gasteiger partial charge >= 0.3 is 0 Å². The summed E-state index contributed by atoms with van der Waals surface area (Å²) in [6.07, 6.45) is 3.48. The van der Waals surface area contributed by atoms with Crippen LogP contribution in [-0.2, 0) is 12.1 Å². The summed E-state index contributed by atoms with van der Waals surface area (Å²) < 4.78 is 3.77. The maximum Gasteiger partial charge on any atom is 0.255 e. The summed E-state index contributed by atoms with van der Waals surface area (Å²) in [6, 6.07) is 52.5. The highest BCUT2D eigenvalue weighted by Crippen LogP contribution is 2.41. The fourth-order valence-corrected chi connectivity index (χ4v) is 6.44. The molecule has 0 radical (unpaired) electrons. The van der Waals surface area contributed by atoms with Crippen molar-refractivity contribution in [1.82, 2.24) is 29.8 Å². The molecule has 0 atom stereocenters. The maximum absolute atomic E-state index is 13.3. The van der Waals surface area contributed by atoms with E-state index in [9.17, 15) is 4.79 Å². The molecule has 0 unspecified atom stereocenters. The number of fused-ring (bicyclic) bond motifs is 1. The van der Waals surface area contributed by atoms with E-state index in [1.165, 1.54) is 0 Å². The van der Waals surface area contributed by atoms with E-state index < -0.39 is 5.54 Å². The molecule has 3 heterocycles. The van der Waals surface area contributed by atoms with Crippen molar-refractivity contribution in [2.24, 2.45) is 0 Å². The topological polar surface area (TPSA) is 90.5 Å². The van der Waals surface area contributed by atoms with Gasteiger partial charge < -0.3 is 5.32 Å². The number of rotatable bonds is 9. The summed E-state index contributed by atoms with van der Waals surface area (Å²) in [5.74, 6) is -0.230. The van der Waals surface area contributed by atoms with Crippen LogP contribution in [-0.4, -0.2) is 35.7 Å². The van der Waals surface area contributed by atoms with Gasteiger partial charge in [0, 0.05) is 17.3 Å². The van der Waals surface area contributed by atoms with E-state index in [1.54, 1.807) is 16.9 Å². The first kappa shape index (κ1) is 29.7. The summed E-state index contributed by atoms with van der Waals surface area (Å²) in [7, 11) is 0. The number of carbonyl (C=O) groups is 1. The van der Waals surface area contributed by atoms with Crippen molar-refractivity contribution in [2.75, 3.05) is 5.32 Å². The van der Waals surface area contributed by atoms with Gasteiger partial charge in [0.1, 0.15) is 11.1 Å². The first-order valence-corrected chi connectivity index (χ1v) is 16.1. The third kappa shape index (κ3) is 5.65. The van der Waals surface area contributed by atoms with Crippen molar-refractivity contribution in [3.8, 4) is 11.3 Å². The Hall–Kier alpha value is -6.67. The summed E-state index contributed by atoms with van der Waals surface area (Å²) in [5.41, 5.74) is 7.37. The number of nitrogens with one attached hydrogen (secondary N) is 1. The van der Waals surface area contributed by atoms with Crippen LogP contribution in [0, 0.1) is 0 Å². The zero-order valence-corrected chi connectivity index (χ0v) is 26.5. The number of benzene rings is 5. The van der Waals surface area contributed by atoms with Gasteiger partial charge in [0.25, 0.3) is 5.91 Å². The van der Waals surface area contributed by atoms with Gasteiger partial charge in [-0.25, -0.2) is 9.67 Å². The van der Waals surface area contributed by atoms with Crippen LogP contribution in [0.5, 0.6) is 0 Å². The van der Waals surface area contributed by atoms with Crippen molar-refractivity contribution >= 4 is 22.8 Å². The zero-order valence-electron chi connectivity index (χ0n) is 26.5. The molecule has 8 heteroatoms. The molecule has 5 aromatic carbocycles. The van der Waals surface area contributed by atoms with Crippen molar-refractivity contribution < 1.29 is 4.79 Å². The monoisotopic (exact) mass is 637 g/mol. The minimum absolute atomic E-state index is 0.230. The average Bonchev–Trinajstić information content (AvgIpc) is 3.80. The number of carbonyl (C=O) groups excluding carboxylic acids is 1. The van der Waals surface area contributed by atoms with Crippen molar-refractivity contribution in [3.63, 3.8) is 0 Å². The Bertz CT molecular complexity index is 2260. The molecule has 8 aromatic rings. The fourth-order valence-electron chi connectivity index (χ4n) is 6.44. The highest BCUT2D eigenvalue weighted by atomic mass is 16.1. The van der Waals surface area contributed by atoms with E-state index in [4.69, 9.17) is 10.2 Å². The van der Waals surface area contributed by atoms with Crippen LogP contribution < -0.4 is 5.32 Å². The molecule has 0 spiro atoms. The number of anilines is 1. The Balaban J connectivity index is 1.13. The summed E-state index contributed by atoms with van der Waals surface area (Å²) in [5, 5.41) is 16.8. The molecule has 0 aliphatic carbocycles. The molecule has 1 N–H and O–H groups in total. The first-order chi connectivity index (χ1) is 24.2. The number of nitrogens with zero attached hydrogens (tertiary/aromatic N) is 6. The van der Waals surface area contributed by atoms with E-state index in [-0.39, 0.29) is 5.91 Å². The Morgan fingerprint density at radius 3 is 1.92 bits per heavy atom. The molecule has 3 aromatic heterocycles. The van der Waals surface area contributed by atoms with E-state index in [0.717, 1.165) is 33.3 Å². The molecule has 0 saturated heterocycles. The second-order valence-corrected chi connectivity index (χ2v) is 11.8. The Labute approximate surface area is 283 Å². The van der Waals surface area contributed by atoms with Gasteiger partial charge in [0.05, 0.1) is 24.1 Å². The SMILES string of the molecule is O=C(Nc1cnn(Cc2ccccc2)c1)c1cccc(-c2ccc3c(nnn3C(c3ccccc3)(c3ccccc3)c3ccccc3)n2)c1. The van der Waals surface area contributed by atoms with E-state index in [1.807, 2.05) is 126 Å².